The predicted molar refractivity (Wildman–Crippen MR) is 118 cm³/mol. The van der Waals surface area contributed by atoms with Gasteiger partial charge >= 0.3 is 0 Å². The lowest BCUT2D eigenvalue weighted by Crippen LogP contribution is -2.38. The largest absolute Gasteiger partial charge is 0.491 e. The molecule has 0 saturated carbocycles. The average Bonchev–Trinajstić information content (AvgIpc) is 3.26. The molecule has 5 heteroatoms. The first-order valence-corrected chi connectivity index (χ1v) is 11.1. The molecule has 0 aliphatic carbocycles. The molecular formula is C24H28N2O2S. The van der Waals surface area contributed by atoms with Gasteiger partial charge in [0, 0.05) is 37.6 Å². The van der Waals surface area contributed by atoms with Crippen LogP contribution in [0.25, 0.3) is 0 Å². The van der Waals surface area contributed by atoms with Gasteiger partial charge in [-0.2, -0.15) is 0 Å². The van der Waals surface area contributed by atoms with Crippen molar-refractivity contribution < 1.29 is 9.84 Å². The maximum Gasteiger partial charge on any atom is 0.119 e. The lowest BCUT2D eigenvalue weighted by atomic mass is 10.00. The lowest BCUT2D eigenvalue weighted by Gasteiger charge is -2.30. The summed E-state index contributed by atoms with van der Waals surface area (Å²) in [6.07, 6.45) is 0.547. The molecule has 4 nitrogen and oxygen atoms in total. The Bertz CT molecular complexity index is 897. The second kappa shape index (κ2) is 10.0. The van der Waals surface area contributed by atoms with Crippen molar-refractivity contribution in [3.8, 4) is 5.75 Å². The van der Waals surface area contributed by atoms with Gasteiger partial charge in [0.15, 0.2) is 0 Å². The Morgan fingerprint density at radius 2 is 1.93 bits per heavy atom. The maximum atomic E-state index is 10.4. The summed E-state index contributed by atoms with van der Waals surface area (Å²) in [5.74, 6) is 0.809. The lowest BCUT2D eigenvalue weighted by molar-refractivity contribution is 0.0637. The minimum Gasteiger partial charge on any atom is -0.491 e. The molecule has 0 amide bonds. The number of rotatable bonds is 9. The van der Waals surface area contributed by atoms with E-state index >= 15 is 0 Å². The van der Waals surface area contributed by atoms with Gasteiger partial charge in [0.05, 0.1) is 0 Å². The Morgan fingerprint density at radius 3 is 2.79 bits per heavy atom. The van der Waals surface area contributed by atoms with E-state index < -0.39 is 6.10 Å². The van der Waals surface area contributed by atoms with Gasteiger partial charge < -0.3 is 15.2 Å². The fourth-order valence-electron chi connectivity index (χ4n) is 3.74. The number of ether oxygens (including phenoxy) is 1. The first-order valence-electron chi connectivity index (χ1n) is 10.2. The molecular weight excluding hydrogens is 380 g/mol. The smallest absolute Gasteiger partial charge is 0.119 e. The zero-order valence-corrected chi connectivity index (χ0v) is 17.4. The van der Waals surface area contributed by atoms with Crippen LogP contribution in [0.2, 0.25) is 0 Å². The average molecular weight is 409 g/mol. The Labute approximate surface area is 176 Å². The molecule has 0 bridgehead atoms. The van der Waals surface area contributed by atoms with Crippen molar-refractivity contribution in [2.24, 2.45) is 0 Å². The third kappa shape index (κ3) is 5.90. The topological polar surface area (TPSA) is 44.7 Å². The van der Waals surface area contributed by atoms with Crippen LogP contribution in [0, 0.1) is 0 Å². The van der Waals surface area contributed by atoms with Gasteiger partial charge in [-0.05, 0) is 46.7 Å². The van der Waals surface area contributed by atoms with Gasteiger partial charge in [0.2, 0.25) is 0 Å². The molecule has 0 fully saturated rings. The highest BCUT2D eigenvalue weighted by Gasteiger charge is 2.18. The van der Waals surface area contributed by atoms with Crippen LogP contribution in [0.4, 0.5) is 0 Å². The van der Waals surface area contributed by atoms with Crippen molar-refractivity contribution in [1.82, 2.24) is 10.2 Å². The minimum absolute atomic E-state index is 0.310. The highest BCUT2D eigenvalue weighted by atomic mass is 32.1. The van der Waals surface area contributed by atoms with Crippen molar-refractivity contribution in [3.63, 3.8) is 0 Å². The Kier molecular flexibility index (Phi) is 6.96. The van der Waals surface area contributed by atoms with Crippen LogP contribution < -0.4 is 10.1 Å². The first kappa shape index (κ1) is 20.1. The summed E-state index contributed by atoms with van der Waals surface area (Å²) in [5.41, 5.74) is 3.98. The van der Waals surface area contributed by atoms with Gasteiger partial charge in [-0.25, -0.2) is 0 Å². The molecule has 1 atom stereocenters. The molecule has 0 spiro atoms. The maximum absolute atomic E-state index is 10.4. The Hall–Kier alpha value is -2.18. The van der Waals surface area contributed by atoms with Crippen molar-refractivity contribution in [2.75, 3.05) is 19.7 Å². The second-order valence-corrected chi connectivity index (χ2v) is 8.58. The number of β-amino-alcohol motifs (C(OH)–C–C–N with tert-alkyl or cyclic N) is 1. The van der Waals surface area contributed by atoms with Crippen LogP contribution in [0.3, 0.4) is 0 Å². The minimum atomic E-state index is -0.499. The number of nitrogens with zero attached hydrogens (tertiary/aromatic N) is 1. The number of hydrogen-bond acceptors (Lipinski definition) is 5. The van der Waals surface area contributed by atoms with Crippen molar-refractivity contribution in [1.29, 1.82) is 0 Å². The van der Waals surface area contributed by atoms with E-state index in [1.54, 1.807) is 11.3 Å². The molecule has 4 rings (SSSR count). The van der Waals surface area contributed by atoms with Crippen molar-refractivity contribution in [2.45, 2.75) is 32.2 Å². The third-order valence-electron chi connectivity index (χ3n) is 5.23. The van der Waals surface area contributed by atoms with Crippen LogP contribution >= 0.6 is 11.3 Å². The molecule has 1 aliphatic heterocycles. The number of benzene rings is 2. The fourth-order valence-corrected chi connectivity index (χ4v) is 4.42. The van der Waals surface area contributed by atoms with Crippen LogP contribution in [-0.2, 0) is 26.1 Å². The number of aliphatic hydroxyl groups excluding tert-OH is 1. The number of thiophene rings is 1. The quantitative estimate of drug-likeness (QED) is 0.565. The van der Waals surface area contributed by atoms with E-state index in [0.29, 0.717) is 13.2 Å². The monoisotopic (exact) mass is 408 g/mol. The van der Waals surface area contributed by atoms with E-state index in [4.69, 9.17) is 4.74 Å². The number of aliphatic hydroxyl groups is 1. The Balaban J connectivity index is 1.21. The summed E-state index contributed by atoms with van der Waals surface area (Å²) in [4.78, 5) is 3.64. The summed E-state index contributed by atoms with van der Waals surface area (Å²) in [5, 5.41) is 16.0. The SMILES string of the molecule is O[C@H](COc1cccc(CNCc2cccs2)c1)CN1CCc2ccccc2C1. The van der Waals surface area contributed by atoms with Crippen LogP contribution in [0.15, 0.2) is 66.0 Å². The zero-order chi connectivity index (χ0) is 19.9. The van der Waals surface area contributed by atoms with Crippen molar-refractivity contribution in [3.05, 3.63) is 87.6 Å². The molecule has 1 aliphatic rings. The summed E-state index contributed by atoms with van der Waals surface area (Å²) in [6, 6.07) is 20.9. The molecule has 2 N–H and O–H groups in total. The summed E-state index contributed by atoms with van der Waals surface area (Å²) >= 11 is 1.76. The van der Waals surface area contributed by atoms with Gasteiger partial charge in [-0.3, -0.25) is 4.90 Å². The predicted octanol–water partition coefficient (Wildman–Crippen LogP) is 3.84. The van der Waals surface area contributed by atoms with E-state index in [-0.39, 0.29) is 0 Å². The van der Waals surface area contributed by atoms with Crippen molar-refractivity contribution >= 4 is 11.3 Å². The number of hydrogen-bond donors (Lipinski definition) is 2. The van der Waals surface area contributed by atoms with E-state index in [1.807, 2.05) is 18.2 Å². The summed E-state index contributed by atoms with van der Waals surface area (Å²) < 4.78 is 5.87. The molecule has 0 saturated heterocycles. The molecule has 3 aromatic rings. The molecule has 2 aromatic carbocycles. The highest BCUT2D eigenvalue weighted by molar-refractivity contribution is 7.09. The van der Waals surface area contributed by atoms with Crippen LogP contribution in [0.1, 0.15) is 21.6 Å². The fraction of sp³-hybridized carbons (Fsp3) is 0.333. The molecule has 1 aromatic heterocycles. The van der Waals surface area contributed by atoms with E-state index in [9.17, 15) is 5.11 Å². The molecule has 29 heavy (non-hydrogen) atoms. The molecule has 0 radical (unpaired) electrons. The second-order valence-electron chi connectivity index (χ2n) is 7.55. The third-order valence-corrected chi connectivity index (χ3v) is 6.10. The molecule has 0 unspecified atom stereocenters. The van der Waals surface area contributed by atoms with E-state index in [0.717, 1.165) is 38.3 Å². The Morgan fingerprint density at radius 1 is 1.03 bits per heavy atom. The molecule has 152 valence electrons. The summed E-state index contributed by atoms with van der Waals surface area (Å²) in [7, 11) is 0. The van der Waals surface area contributed by atoms with Gasteiger partial charge in [0.25, 0.3) is 0 Å². The summed E-state index contributed by atoms with van der Waals surface area (Å²) in [6.45, 7) is 4.50. The normalized spacial score (nSPS) is 15.1. The van der Waals surface area contributed by atoms with Gasteiger partial charge in [-0.15, -0.1) is 11.3 Å². The first-order chi connectivity index (χ1) is 14.3. The van der Waals surface area contributed by atoms with Gasteiger partial charge in [-0.1, -0.05) is 42.5 Å². The standard InChI is InChI=1S/C24H28N2O2S/c27-22(17-26-11-10-20-6-1-2-7-21(20)16-26)18-28-23-8-3-5-19(13-23)14-25-15-24-9-4-12-29-24/h1-9,12-13,22,25,27H,10-11,14-18H2/t22-/m0/s1. The molecule has 2 heterocycles. The van der Waals surface area contributed by atoms with Crippen LogP contribution in [0.5, 0.6) is 5.75 Å². The van der Waals surface area contributed by atoms with E-state index in [1.165, 1.54) is 21.6 Å². The van der Waals surface area contributed by atoms with Crippen LogP contribution in [-0.4, -0.2) is 35.8 Å². The number of nitrogens with one attached hydrogen (secondary N) is 1. The zero-order valence-electron chi connectivity index (χ0n) is 16.6. The van der Waals surface area contributed by atoms with Gasteiger partial charge in [0.1, 0.15) is 18.5 Å². The number of fused-ring (bicyclic) bond motifs is 1. The highest BCUT2D eigenvalue weighted by Crippen LogP contribution is 2.19. The van der Waals surface area contributed by atoms with E-state index in [2.05, 4.69) is 58.1 Å².